The largest absolute Gasteiger partial charge is 0.494 e. The first-order valence-corrected chi connectivity index (χ1v) is 12.3. The molecule has 3 aromatic carbocycles. The normalized spacial score (nSPS) is 11.1. The highest BCUT2D eigenvalue weighted by Gasteiger charge is 2.21. The highest BCUT2D eigenvalue weighted by atomic mass is 32.2. The molecule has 0 aliphatic carbocycles. The number of benzene rings is 3. The first-order valence-electron chi connectivity index (χ1n) is 9.62. The van der Waals surface area contributed by atoms with Crippen LogP contribution in [0.1, 0.15) is 17.3 Å². The zero-order chi connectivity index (χ0) is 22.4. The summed E-state index contributed by atoms with van der Waals surface area (Å²) in [5, 5.41) is 2.82. The topological polar surface area (TPSA) is 75.7 Å². The van der Waals surface area contributed by atoms with Crippen molar-refractivity contribution < 1.29 is 17.9 Å². The number of hydrogen-bond acceptors (Lipinski definition) is 5. The average molecular weight is 457 g/mol. The van der Waals surface area contributed by atoms with Crippen LogP contribution in [0.3, 0.4) is 0 Å². The fourth-order valence-corrected chi connectivity index (χ4v) is 4.50. The molecular formula is C23H24N2O4S2. The average Bonchev–Trinajstić information content (AvgIpc) is 2.79. The molecule has 1 N–H and O–H groups in total. The summed E-state index contributed by atoms with van der Waals surface area (Å²) in [6.07, 6.45) is 1.93. The van der Waals surface area contributed by atoms with Crippen LogP contribution in [-0.4, -0.2) is 34.2 Å². The molecule has 162 valence electrons. The van der Waals surface area contributed by atoms with Gasteiger partial charge < -0.3 is 10.1 Å². The number of hydrogen-bond donors (Lipinski definition) is 1. The first-order chi connectivity index (χ1) is 14.8. The maximum Gasteiger partial charge on any atom is 0.264 e. The molecule has 0 saturated carbocycles. The number of sulfonamides is 1. The third-order valence-electron chi connectivity index (χ3n) is 4.61. The molecule has 0 heterocycles. The summed E-state index contributed by atoms with van der Waals surface area (Å²) in [4.78, 5) is 13.8. The van der Waals surface area contributed by atoms with E-state index in [0.29, 0.717) is 29.3 Å². The van der Waals surface area contributed by atoms with Gasteiger partial charge in [0.2, 0.25) is 0 Å². The summed E-state index contributed by atoms with van der Waals surface area (Å²) in [7, 11) is -2.21. The standard InChI is InChI=1S/C23H24N2O4S2/c1-4-29-20-7-5-6-18(16-20)24-23(26)17-8-10-19(11-9-17)25(2)31(27,28)22-14-12-21(30-3)13-15-22/h5-16H,4H2,1-3H3,(H,24,26). The van der Waals surface area contributed by atoms with Gasteiger partial charge in [0, 0.05) is 29.3 Å². The lowest BCUT2D eigenvalue weighted by molar-refractivity contribution is 0.102. The van der Waals surface area contributed by atoms with E-state index in [1.165, 1.54) is 11.4 Å². The Bertz CT molecular complexity index is 1140. The van der Waals surface area contributed by atoms with Crippen molar-refractivity contribution >= 4 is 39.1 Å². The first kappa shape index (κ1) is 22.7. The van der Waals surface area contributed by atoms with Gasteiger partial charge in [0.05, 0.1) is 17.2 Å². The molecule has 3 rings (SSSR count). The minimum absolute atomic E-state index is 0.212. The smallest absolute Gasteiger partial charge is 0.264 e. The van der Waals surface area contributed by atoms with E-state index in [2.05, 4.69) is 5.32 Å². The molecule has 6 nitrogen and oxygen atoms in total. The second-order valence-electron chi connectivity index (χ2n) is 6.61. The van der Waals surface area contributed by atoms with Crippen molar-refractivity contribution in [2.24, 2.45) is 0 Å². The van der Waals surface area contributed by atoms with Gasteiger partial charge in [0.25, 0.3) is 15.9 Å². The molecule has 0 saturated heterocycles. The van der Waals surface area contributed by atoms with E-state index in [0.717, 1.165) is 4.90 Å². The van der Waals surface area contributed by atoms with Crippen molar-refractivity contribution in [3.05, 3.63) is 78.4 Å². The van der Waals surface area contributed by atoms with E-state index < -0.39 is 10.0 Å². The van der Waals surface area contributed by atoms with E-state index in [1.807, 2.05) is 19.2 Å². The minimum atomic E-state index is -3.70. The SMILES string of the molecule is CCOc1cccc(NC(=O)c2ccc(N(C)S(=O)(=O)c3ccc(SC)cc3)cc2)c1. The maximum atomic E-state index is 12.9. The Kier molecular flexibility index (Phi) is 7.25. The molecule has 0 radical (unpaired) electrons. The molecule has 8 heteroatoms. The van der Waals surface area contributed by atoms with Crippen molar-refractivity contribution in [3.8, 4) is 5.75 Å². The molecule has 0 aliphatic rings. The van der Waals surface area contributed by atoms with Gasteiger partial charge in [-0.3, -0.25) is 9.10 Å². The highest BCUT2D eigenvalue weighted by molar-refractivity contribution is 7.98. The van der Waals surface area contributed by atoms with E-state index in [9.17, 15) is 13.2 Å². The quantitative estimate of drug-likeness (QED) is 0.489. The molecule has 0 fully saturated rings. The summed E-state index contributed by atoms with van der Waals surface area (Å²) in [6.45, 7) is 2.43. The number of carbonyl (C=O) groups is 1. The molecule has 0 spiro atoms. The Morgan fingerprint density at radius 2 is 1.71 bits per heavy atom. The molecule has 0 unspecified atom stereocenters. The van der Waals surface area contributed by atoms with Crippen LogP contribution >= 0.6 is 11.8 Å². The van der Waals surface area contributed by atoms with Crippen LogP contribution in [0.15, 0.2) is 82.6 Å². The predicted molar refractivity (Wildman–Crippen MR) is 126 cm³/mol. The van der Waals surface area contributed by atoms with Gasteiger partial charge in [-0.25, -0.2) is 8.42 Å². The summed E-state index contributed by atoms with van der Waals surface area (Å²) in [5.74, 6) is 0.381. The predicted octanol–water partition coefficient (Wildman–Crippen LogP) is 4.88. The number of anilines is 2. The Balaban J connectivity index is 1.74. The Hall–Kier alpha value is -2.97. The second kappa shape index (κ2) is 9.89. The third-order valence-corrected chi connectivity index (χ3v) is 7.16. The van der Waals surface area contributed by atoms with Crippen LogP contribution in [0.5, 0.6) is 5.75 Å². The van der Waals surface area contributed by atoms with Crippen LogP contribution in [0.4, 0.5) is 11.4 Å². The van der Waals surface area contributed by atoms with Crippen LogP contribution in [0.25, 0.3) is 0 Å². The lowest BCUT2D eigenvalue weighted by Crippen LogP contribution is -2.26. The van der Waals surface area contributed by atoms with Gasteiger partial charge in [-0.15, -0.1) is 11.8 Å². The van der Waals surface area contributed by atoms with E-state index >= 15 is 0 Å². The number of thioether (sulfide) groups is 1. The summed E-state index contributed by atoms with van der Waals surface area (Å²) in [5.41, 5.74) is 1.50. The summed E-state index contributed by atoms with van der Waals surface area (Å²) >= 11 is 1.55. The number of amides is 1. The molecule has 3 aromatic rings. The third kappa shape index (κ3) is 5.39. The minimum Gasteiger partial charge on any atom is -0.494 e. The van der Waals surface area contributed by atoms with Gasteiger partial charge in [-0.2, -0.15) is 0 Å². The van der Waals surface area contributed by atoms with Crippen molar-refractivity contribution in [3.63, 3.8) is 0 Å². The van der Waals surface area contributed by atoms with Crippen molar-refractivity contribution in [1.82, 2.24) is 0 Å². The zero-order valence-electron chi connectivity index (χ0n) is 17.5. The number of carbonyl (C=O) groups excluding carboxylic acids is 1. The second-order valence-corrected chi connectivity index (χ2v) is 9.46. The van der Waals surface area contributed by atoms with E-state index in [-0.39, 0.29) is 10.8 Å². The van der Waals surface area contributed by atoms with Crippen LogP contribution in [0, 0.1) is 0 Å². The molecule has 31 heavy (non-hydrogen) atoms. The lowest BCUT2D eigenvalue weighted by atomic mass is 10.2. The van der Waals surface area contributed by atoms with E-state index in [1.54, 1.807) is 78.5 Å². The Labute approximate surface area is 187 Å². The maximum absolute atomic E-state index is 12.9. The number of nitrogens with one attached hydrogen (secondary N) is 1. The zero-order valence-corrected chi connectivity index (χ0v) is 19.2. The van der Waals surface area contributed by atoms with Crippen molar-refractivity contribution in [2.75, 3.05) is 29.5 Å². The van der Waals surface area contributed by atoms with Gasteiger partial charge in [0.15, 0.2) is 0 Å². The highest BCUT2D eigenvalue weighted by Crippen LogP contribution is 2.25. The van der Waals surface area contributed by atoms with Gasteiger partial charge in [-0.1, -0.05) is 6.07 Å². The van der Waals surface area contributed by atoms with Crippen LogP contribution in [-0.2, 0) is 10.0 Å². The monoisotopic (exact) mass is 456 g/mol. The van der Waals surface area contributed by atoms with Crippen LogP contribution in [0.2, 0.25) is 0 Å². The molecule has 1 amide bonds. The summed E-state index contributed by atoms with van der Waals surface area (Å²) in [6, 6.07) is 20.3. The van der Waals surface area contributed by atoms with Gasteiger partial charge in [-0.05, 0) is 73.8 Å². The fourth-order valence-electron chi connectivity index (χ4n) is 2.90. The van der Waals surface area contributed by atoms with Crippen LogP contribution < -0.4 is 14.4 Å². The Morgan fingerprint density at radius 3 is 2.32 bits per heavy atom. The van der Waals surface area contributed by atoms with Gasteiger partial charge in [0.1, 0.15) is 5.75 Å². The van der Waals surface area contributed by atoms with Crippen molar-refractivity contribution in [1.29, 1.82) is 0 Å². The van der Waals surface area contributed by atoms with Gasteiger partial charge >= 0.3 is 0 Å². The number of nitrogens with zero attached hydrogens (tertiary/aromatic N) is 1. The molecule has 0 aromatic heterocycles. The lowest BCUT2D eigenvalue weighted by Gasteiger charge is -2.20. The Morgan fingerprint density at radius 1 is 1.03 bits per heavy atom. The molecule has 0 aliphatic heterocycles. The number of ether oxygens (including phenoxy) is 1. The van der Waals surface area contributed by atoms with Crippen molar-refractivity contribution in [2.45, 2.75) is 16.7 Å². The molecule has 0 bridgehead atoms. The van der Waals surface area contributed by atoms with E-state index in [4.69, 9.17) is 4.74 Å². The molecular weight excluding hydrogens is 432 g/mol. The number of rotatable bonds is 8. The fraction of sp³-hybridized carbons (Fsp3) is 0.174. The summed E-state index contributed by atoms with van der Waals surface area (Å²) < 4.78 is 32.5. The molecule has 0 atom stereocenters.